The summed E-state index contributed by atoms with van der Waals surface area (Å²) in [5.74, 6) is -1.07. The zero-order valence-corrected chi connectivity index (χ0v) is 11.3. The van der Waals surface area contributed by atoms with E-state index < -0.39 is 23.7 Å². The fourth-order valence-corrected chi connectivity index (χ4v) is 2.39. The molecule has 0 bridgehead atoms. The van der Waals surface area contributed by atoms with Crippen LogP contribution < -0.4 is 0 Å². The zero-order chi connectivity index (χ0) is 14.7. The van der Waals surface area contributed by atoms with Gasteiger partial charge in [-0.15, -0.1) is 0 Å². The lowest BCUT2D eigenvalue weighted by molar-refractivity contribution is -0.143. The summed E-state index contributed by atoms with van der Waals surface area (Å²) < 4.78 is 4.43. The van der Waals surface area contributed by atoms with Crippen molar-refractivity contribution in [3.8, 4) is 5.75 Å². The van der Waals surface area contributed by atoms with E-state index in [-0.39, 0.29) is 10.7 Å². The van der Waals surface area contributed by atoms with Crippen molar-refractivity contribution < 1.29 is 24.2 Å². The Morgan fingerprint density at radius 2 is 2.00 bits per heavy atom. The standard InChI is InChI=1S/C13H11NO5S/c1-19-11(16)7-14-12(17)10(20-13(14)18)6-8-2-4-9(15)5-3-8/h2-6,15H,7H2,1H3/b10-6+. The van der Waals surface area contributed by atoms with Gasteiger partial charge in [0.2, 0.25) is 0 Å². The highest BCUT2D eigenvalue weighted by molar-refractivity contribution is 8.18. The molecule has 2 rings (SSSR count). The van der Waals surface area contributed by atoms with Crippen LogP contribution in [-0.4, -0.2) is 40.8 Å². The van der Waals surface area contributed by atoms with Gasteiger partial charge in [-0.3, -0.25) is 19.3 Å². The zero-order valence-electron chi connectivity index (χ0n) is 10.5. The number of thioether (sulfide) groups is 1. The number of amides is 2. The number of benzene rings is 1. The van der Waals surface area contributed by atoms with Crippen LogP contribution in [0.4, 0.5) is 4.79 Å². The Hall–Kier alpha value is -2.28. The number of hydrogen-bond donors (Lipinski definition) is 1. The van der Waals surface area contributed by atoms with Crippen LogP contribution in [0.1, 0.15) is 5.56 Å². The number of imide groups is 1. The molecule has 0 radical (unpaired) electrons. The largest absolute Gasteiger partial charge is 0.508 e. The molecule has 0 aromatic heterocycles. The molecule has 1 aliphatic heterocycles. The third-order valence-electron chi connectivity index (χ3n) is 2.58. The highest BCUT2D eigenvalue weighted by Gasteiger charge is 2.36. The minimum Gasteiger partial charge on any atom is -0.508 e. The Bertz CT molecular complexity index is 593. The maximum atomic E-state index is 12.0. The van der Waals surface area contributed by atoms with E-state index >= 15 is 0 Å². The first kappa shape index (κ1) is 14.1. The van der Waals surface area contributed by atoms with E-state index in [2.05, 4.69) is 4.74 Å². The summed E-state index contributed by atoms with van der Waals surface area (Å²) in [6.07, 6.45) is 1.53. The van der Waals surface area contributed by atoms with Crippen LogP contribution in [-0.2, 0) is 14.3 Å². The van der Waals surface area contributed by atoms with Gasteiger partial charge in [0.15, 0.2) is 0 Å². The molecular formula is C13H11NO5S. The van der Waals surface area contributed by atoms with Crippen LogP contribution in [0.5, 0.6) is 5.75 Å². The average molecular weight is 293 g/mol. The third kappa shape index (κ3) is 3.00. The second-order valence-electron chi connectivity index (χ2n) is 3.94. The second-order valence-corrected chi connectivity index (χ2v) is 4.93. The van der Waals surface area contributed by atoms with Crippen molar-refractivity contribution in [2.24, 2.45) is 0 Å². The van der Waals surface area contributed by atoms with E-state index in [1.54, 1.807) is 12.1 Å². The van der Waals surface area contributed by atoms with Crippen LogP contribution in [0.3, 0.4) is 0 Å². The molecule has 0 aliphatic carbocycles. The van der Waals surface area contributed by atoms with Gasteiger partial charge in [-0.2, -0.15) is 0 Å². The van der Waals surface area contributed by atoms with Gasteiger partial charge < -0.3 is 9.84 Å². The number of phenolic OH excluding ortho intramolecular Hbond substituents is 1. The number of methoxy groups -OCH3 is 1. The molecule has 2 amide bonds. The molecule has 1 aromatic carbocycles. The summed E-state index contributed by atoms with van der Waals surface area (Å²) in [6, 6.07) is 6.18. The summed E-state index contributed by atoms with van der Waals surface area (Å²) in [6.45, 7) is -0.395. The SMILES string of the molecule is COC(=O)CN1C(=O)S/C(=C/c2ccc(O)cc2)C1=O. The van der Waals surface area contributed by atoms with Crippen molar-refractivity contribution in [1.82, 2.24) is 4.90 Å². The number of nitrogens with zero attached hydrogens (tertiary/aromatic N) is 1. The van der Waals surface area contributed by atoms with Crippen LogP contribution in [0.15, 0.2) is 29.2 Å². The fraction of sp³-hybridized carbons (Fsp3) is 0.154. The number of ether oxygens (including phenoxy) is 1. The molecule has 0 atom stereocenters. The molecule has 20 heavy (non-hydrogen) atoms. The molecule has 1 fully saturated rings. The number of aromatic hydroxyl groups is 1. The Balaban J connectivity index is 2.19. The first-order valence-corrected chi connectivity index (χ1v) is 6.44. The van der Waals surface area contributed by atoms with E-state index in [9.17, 15) is 19.5 Å². The molecule has 1 aliphatic rings. The van der Waals surface area contributed by atoms with E-state index in [4.69, 9.17) is 0 Å². The normalized spacial score (nSPS) is 16.9. The van der Waals surface area contributed by atoms with Crippen LogP contribution in [0.2, 0.25) is 0 Å². The third-order valence-corrected chi connectivity index (χ3v) is 3.49. The monoisotopic (exact) mass is 293 g/mol. The van der Waals surface area contributed by atoms with Crippen LogP contribution >= 0.6 is 11.8 Å². The maximum absolute atomic E-state index is 12.0. The number of esters is 1. The van der Waals surface area contributed by atoms with Gasteiger partial charge in [-0.25, -0.2) is 0 Å². The van der Waals surface area contributed by atoms with Crippen molar-refractivity contribution in [2.75, 3.05) is 13.7 Å². The van der Waals surface area contributed by atoms with Crippen molar-refractivity contribution in [3.63, 3.8) is 0 Å². The topological polar surface area (TPSA) is 83.9 Å². The molecule has 0 saturated carbocycles. The Morgan fingerprint density at radius 1 is 1.35 bits per heavy atom. The minimum atomic E-state index is -0.654. The minimum absolute atomic E-state index is 0.112. The average Bonchev–Trinajstić information content (AvgIpc) is 2.69. The van der Waals surface area contributed by atoms with Crippen molar-refractivity contribution in [2.45, 2.75) is 0 Å². The van der Waals surface area contributed by atoms with Gasteiger partial charge in [0.05, 0.1) is 12.0 Å². The van der Waals surface area contributed by atoms with Crippen LogP contribution in [0.25, 0.3) is 6.08 Å². The van der Waals surface area contributed by atoms with E-state index in [1.807, 2.05) is 0 Å². The van der Waals surface area contributed by atoms with E-state index in [0.717, 1.165) is 16.7 Å². The highest BCUT2D eigenvalue weighted by Crippen LogP contribution is 2.32. The molecule has 1 saturated heterocycles. The number of rotatable bonds is 3. The molecular weight excluding hydrogens is 282 g/mol. The first-order valence-electron chi connectivity index (χ1n) is 5.62. The summed E-state index contributed by atoms with van der Waals surface area (Å²) in [7, 11) is 1.19. The predicted octanol–water partition coefficient (Wildman–Crippen LogP) is 1.60. The van der Waals surface area contributed by atoms with Crippen molar-refractivity contribution in [1.29, 1.82) is 0 Å². The van der Waals surface area contributed by atoms with Crippen LogP contribution in [0, 0.1) is 0 Å². The van der Waals surface area contributed by atoms with Gasteiger partial charge in [0, 0.05) is 0 Å². The molecule has 6 nitrogen and oxygen atoms in total. The van der Waals surface area contributed by atoms with Gasteiger partial charge in [-0.1, -0.05) is 12.1 Å². The number of hydrogen-bond acceptors (Lipinski definition) is 6. The molecule has 0 unspecified atom stereocenters. The number of phenols is 1. The van der Waals surface area contributed by atoms with Gasteiger partial charge >= 0.3 is 5.97 Å². The Kier molecular flexibility index (Phi) is 4.09. The van der Waals surface area contributed by atoms with Gasteiger partial charge in [0.1, 0.15) is 12.3 Å². The summed E-state index contributed by atoms with van der Waals surface area (Å²) in [5.41, 5.74) is 0.673. The Labute approximate surface area is 119 Å². The lowest BCUT2D eigenvalue weighted by Crippen LogP contribution is -2.34. The van der Waals surface area contributed by atoms with Gasteiger partial charge in [-0.05, 0) is 35.5 Å². The van der Waals surface area contributed by atoms with Crippen molar-refractivity contribution >= 4 is 35.0 Å². The van der Waals surface area contributed by atoms with Crippen molar-refractivity contribution in [3.05, 3.63) is 34.7 Å². The second kappa shape index (κ2) is 5.79. The molecule has 1 aromatic rings. The summed E-state index contributed by atoms with van der Waals surface area (Å²) >= 11 is 0.762. The quantitative estimate of drug-likeness (QED) is 0.673. The Morgan fingerprint density at radius 3 is 2.60 bits per heavy atom. The lowest BCUT2D eigenvalue weighted by atomic mass is 10.2. The number of carbonyl (C=O) groups is 3. The molecule has 104 valence electrons. The smallest absolute Gasteiger partial charge is 0.325 e. The van der Waals surface area contributed by atoms with E-state index in [0.29, 0.717) is 5.56 Å². The van der Waals surface area contributed by atoms with Gasteiger partial charge in [0.25, 0.3) is 11.1 Å². The summed E-state index contributed by atoms with van der Waals surface area (Å²) in [5, 5.41) is 8.66. The number of carbonyl (C=O) groups excluding carboxylic acids is 3. The molecule has 1 N–H and O–H groups in total. The van der Waals surface area contributed by atoms with E-state index in [1.165, 1.54) is 25.3 Å². The first-order chi connectivity index (χ1) is 9.51. The predicted molar refractivity (Wildman–Crippen MR) is 72.8 cm³/mol. The molecule has 0 spiro atoms. The highest BCUT2D eigenvalue weighted by atomic mass is 32.2. The lowest BCUT2D eigenvalue weighted by Gasteiger charge is -2.09. The fourth-order valence-electron chi connectivity index (χ4n) is 1.55. The molecule has 1 heterocycles. The maximum Gasteiger partial charge on any atom is 0.325 e. The molecule has 7 heteroatoms. The summed E-state index contributed by atoms with van der Waals surface area (Å²) in [4.78, 5) is 35.9.